The van der Waals surface area contributed by atoms with Crippen LogP contribution in [0.15, 0.2) is 84.9 Å². The van der Waals surface area contributed by atoms with Crippen LogP contribution >= 0.6 is 0 Å². The topological polar surface area (TPSA) is 57.6 Å². The van der Waals surface area contributed by atoms with Gasteiger partial charge in [-0.15, -0.1) is 0 Å². The van der Waals surface area contributed by atoms with Crippen molar-refractivity contribution in [3.05, 3.63) is 113 Å². The fraction of sp³-hybridized carbons (Fsp3) is 0.226. The van der Waals surface area contributed by atoms with E-state index in [1.54, 1.807) is 11.0 Å². The number of rotatable bonds is 5. The molecule has 1 amide bonds. The van der Waals surface area contributed by atoms with Gasteiger partial charge < -0.3 is 10.0 Å². The van der Waals surface area contributed by atoms with Crippen LogP contribution in [0.1, 0.15) is 51.9 Å². The van der Waals surface area contributed by atoms with Crippen LogP contribution in [0.2, 0.25) is 0 Å². The maximum Gasteiger partial charge on any atom is 0.264 e. The Morgan fingerprint density at radius 1 is 0.857 bits per heavy atom. The molecule has 1 atom stereocenters. The minimum absolute atomic E-state index is 0.212. The SMILES string of the molecule is O=C(CC1(O)C(=O)N(Cc2cccc3ccccc23)c2ccccc21)c1ccc2c(c1)CCCC2. The lowest BCUT2D eigenvalue weighted by atomic mass is 9.85. The van der Waals surface area contributed by atoms with Gasteiger partial charge in [-0.3, -0.25) is 9.59 Å². The summed E-state index contributed by atoms with van der Waals surface area (Å²) in [5, 5.41) is 13.9. The molecule has 1 heterocycles. The first-order valence-electron chi connectivity index (χ1n) is 12.3. The van der Waals surface area contributed by atoms with Gasteiger partial charge in [0.1, 0.15) is 0 Å². The Balaban J connectivity index is 1.34. The molecule has 4 nitrogen and oxygen atoms in total. The van der Waals surface area contributed by atoms with Crippen molar-refractivity contribution in [2.24, 2.45) is 0 Å². The molecule has 0 radical (unpaired) electrons. The molecule has 0 bridgehead atoms. The number of aliphatic hydroxyl groups is 1. The van der Waals surface area contributed by atoms with Crippen LogP contribution < -0.4 is 4.90 Å². The molecule has 4 aromatic rings. The molecule has 1 N–H and O–H groups in total. The predicted octanol–water partition coefficient (Wildman–Crippen LogP) is 5.73. The average molecular weight is 462 g/mol. The third-order valence-electron chi connectivity index (χ3n) is 7.53. The summed E-state index contributed by atoms with van der Waals surface area (Å²) in [6.45, 7) is 0.326. The zero-order valence-corrected chi connectivity index (χ0v) is 19.5. The van der Waals surface area contributed by atoms with Gasteiger partial charge in [-0.25, -0.2) is 0 Å². The second-order valence-electron chi connectivity index (χ2n) is 9.70. The standard InChI is InChI=1S/C31H27NO3/c33-29(24-17-16-21-8-1-2-10-23(21)18-24)19-31(35)27-14-5-6-15-28(27)32(30(31)34)20-25-12-7-11-22-9-3-4-13-26(22)25/h3-7,9,11-18,35H,1-2,8,10,19-20H2. The Hall–Kier alpha value is -3.76. The quantitative estimate of drug-likeness (QED) is 0.387. The summed E-state index contributed by atoms with van der Waals surface area (Å²) in [7, 11) is 0. The highest BCUT2D eigenvalue weighted by molar-refractivity contribution is 6.11. The largest absolute Gasteiger partial charge is 0.375 e. The molecule has 0 saturated carbocycles. The van der Waals surface area contributed by atoms with Crippen LogP contribution in [-0.2, 0) is 29.8 Å². The zero-order chi connectivity index (χ0) is 24.0. The number of aryl methyl sites for hydroxylation is 2. The third-order valence-corrected chi connectivity index (χ3v) is 7.53. The Morgan fingerprint density at radius 3 is 2.49 bits per heavy atom. The van der Waals surface area contributed by atoms with E-state index in [-0.39, 0.29) is 12.2 Å². The van der Waals surface area contributed by atoms with Crippen LogP contribution in [0.4, 0.5) is 5.69 Å². The first kappa shape index (κ1) is 21.8. The maximum absolute atomic E-state index is 13.7. The minimum Gasteiger partial charge on any atom is -0.375 e. The van der Waals surface area contributed by atoms with E-state index in [1.807, 2.05) is 78.9 Å². The Bertz CT molecular complexity index is 1470. The fourth-order valence-corrected chi connectivity index (χ4v) is 5.68. The van der Waals surface area contributed by atoms with E-state index in [1.165, 1.54) is 17.5 Å². The molecular weight excluding hydrogens is 434 g/mol. The number of anilines is 1. The summed E-state index contributed by atoms with van der Waals surface area (Å²) in [4.78, 5) is 28.7. The summed E-state index contributed by atoms with van der Waals surface area (Å²) >= 11 is 0. The first-order chi connectivity index (χ1) is 17.0. The molecule has 174 valence electrons. The monoisotopic (exact) mass is 461 g/mol. The van der Waals surface area contributed by atoms with E-state index in [4.69, 9.17) is 0 Å². The molecule has 2 aliphatic rings. The normalized spacial score (nSPS) is 19.0. The number of carbonyl (C=O) groups is 2. The fourth-order valence-electron chi connectivity index (χ4n) is 5.68. The molecule has 35 heavy (non-hydrogen) atoms. The molecule has 4 aromatic carbocycles. The number of ketones is 1. The summed E-state index contributed by atoms with van der Waals surface area (Å²) < 4.78 is 0. The smallest absolute Gasteiger partial charge is 0.264 e. The first-order valence-corrected chi connectivity index (χ1v) is 12.3. The van der Waals surface area contributed by atoms with E-state index in [0.717, 1.165) is 35.6 Å². The average Bonchev–Trinajstić information content (AvgIpc) is 3.10. The lowest BCUT2D eigenvalue weighted by Crippen LogP contribution is -2.41. The molecule has 4 heteroatoms. The van der Waals surface area contributed by atoms with Gasteiger partial charge >= 0.3 is 0 Å². The molecule has 1 aliphatic heterocycles. The van der Waals surface area contributed by atoms with Gasteiger partial charge in [0, 0.05) is 11.1 Å². The molecule has 0 spiro atoms. The van der Waals surface area contributed by atoms with Crippen molar-refractivity contribution in [2.75, 3.05) is 4.90 Å². The summed E-state index contributed by atoms with van der Waals surface area (Å²) in [6, 6.07) is 27.2. The van der Waals surface area contributed by atoms with Gasteiger partial charge in [-0.1, -0.05) is 72.8 Å². The highest BCUT2D eigenvalue weighted by Gasteiger charge is 2.50. The van der Waals surface area contributed by atoms with Gasteiger partial charge in [-0.05, 0) is 65.3 Å². The number of hydrogen-bond donors (Lipinski definition) is 1. The van der Waals surface area contributed by atoms with E-state index in [0.29, 0.717) is 23.4 Å². The maximum atomic E-state index is 13.7. The van der Waals surface area contributed by atoms with Gasteiger partial charge in [0.25, 0.3) is 5.91 Å². The molecule has 0 fully saturated rings. The number of hydrogen-bond acceptors (Lipinski definition) is 3. The third kappa shape index (κ3) is 3.65. The van der Waals surface area contributed by atoms with Crippen molar-refractivity contribution in [1.82, 2.24) is 0 Å². The van der Waals surface area contributed by atoms with Crippen LogP contribution in [0.3, 0.4) is 0 Å². The van der Waals surface area contributed by atoms with E-state index in [9.17, 15) is 14.7 Å². The number of carbonyl (C=O) groups excluding carboxylic acids is 2. The highest BCUT2D eigenvalue weighted by atomic mass is 16.3. The molecule has 1 unspecified atom stereocenters. The summed E-state index contributed by atoms with van der Waals surface area (Å²) in [6.07, 6.45) is 4.05. The van der Waals surface area contributed by atoms with E-state index < -0.39 is 11.5 Å². The van der Waals surface area contributed by atoms with E-state index in [2.05, 4.69) is 0 Å². The number of Topliss-reactive ketones (excluding diaryl/α,β-unsaturated/α-hetero) is 1. The molecular formula is C31H27NO3. The van der Waals surface area contributed by atoms with Gasteiger partial charge in [0.15, 0.2) is 11.4 Å². The van der Waals surface area contributed by atoms with Crippen LogP contribution in [0.5, 0.6) is 0 Å². The van der Waals surface area contributed by atoms with Crippen LogP contribution in [-0.4, -0.2) is 16.8 Å². The number of fused-ring (bicyclic) bond motifs is 3. The molecule has 0 saturated heterocycles. The van der Waals surface area contributed by atoms with Gasteiger partial charge in [0.05, 0.1) is 18.7 Å². The van der Waals surface area contributed by atoms with Crippen molar-refractivity contribution < 1.29 is 14.7 Å². The van der Waals surface area contributed by atoms with Crippen molar-refractivity contribution >= 4 is 28.2 Å². The van der Waals surface area contributed by atoms with Crippen molar-refractivity contribution in [2.45, 2.75) is 44.2 Å². The minimum atomic E-state index is -1.88. The van der Waals surface area contributed by atoms with Crippen LogP contribution in [0.25, 0.3) is 10.8 Å². The predicted molar refractivity (Wildman–Crippen MR) is 138 cm³/mol. The second kappa shape index (κ2) is 8.47. The Labute approximate surface area is 204 Å². The van der Waals surface area contributed by atoms with E-state index >= 15 is 0 Å². The van der Waals surface area contributed by atoms with Gasteiger partial charge in [0.2, 0.25) is 0 Å². The second-order valence-corrected chi connectivity index (χ2v) is 9.70. The van der Waals surface area contributed by atoms with Crippen molar-refractivity contribution in [3.63, 3.8) is 0 Å². The lowest BCUT2D eigenvalue weighted by molar-refractivity contribution is -0.136. The van der Waals surface area contributed by atoms with Crippen LogP contribution in [0, 0.1) is 0 Å². The number of para-hydroxylation sites is 1. The molecule has 6 rings (SSSR count). The Morgan fingerprint density at radius 2 is 1.60 bits per heavy atom. The van der Waals surface area contributed by atoms with Crippen molar-refractivity contribution in [1.29, 1.82) is 0 Å². The van der Waals surface area contributed by atoms with Gasteiger partial charge in [-0.2, -0.15) is 0 Å². The molecule has 0 aromatic heterocycles. The summed E-state index contributed by atoms with van der Waals surface area (Å²) in [5.74, 6) is -0.658. The van der Waals surface area contributed by atoms with Crippen molar-refractivity contribution in [3.8, 4) is 0 Å². The zero-order valence-electron chi connectivity index (χ0n) is 19.5. The lowest BCUT2D eigenvalue weighted by Gasteiger charge is -2.23. The summed E-state index contributed by atoms with van der Waals surface area (Å²) in [5.41, 5.74) is 3.35. The highest BCUT2D eigenvalue weighted by Crippen LogP contribution is 2.44. The number of amides is 1. The number of nitrogens with zero attached hydrogens (tertiary/aromatic N) is 1. The Kier molecular flexibility index (Phi) is 5.27. The molecule has 1 aliphatic carbocycles. The number of benzene rings is 4.